The minimum atomic E-state index is -0.533. The Balaban J connectivity index is 1.59. The fraction of sp³-hybridized carbons (Fsp3) is 0.381. The van der Waals surface area contributed by atoms with Crippen LogP contribution < -0.4 is 10.2 Å². The van der Waals surface area contributed by atoms with Gasteiger partial charge in [-0.3, -0.25) is 4.79 Å². The van der Waals surface area contributed by atoms with Crippen molar-refractivity contribution in [2.75, 3.05) is 32.2 Å². The number of anilines is 1. The molecular weight excluding hydrogens is 408 g/mol. The number of methoxy groups -OCH3 is 2. The molecule has 160 valence electrons. The fourth-order valence-corrected chi connectivity index (χ4v) is 4.41. The number of carbonyl (C=O) groups excluding carboxylic acids is 3. The normalized spacial score (nSPS) is 18.5. The lowest BCUT2D eigenvalue weighted by Gasteiger charge is -2.38. The quantitative estimate of drug-likeness (QED) is 0.531. The van der Waals surface area contributed by atoms with E-state index in [1.165, 1.54) is 18.4 Å². The Bertz CT molecular complexity index is 885. The number of hydrogen-bond donors (Lipinski definition) is 1. The second kappa shape index (κ2) is 10.2. The van der Waals surface area contributed by atoms with Crippen molar-refractivity contribution in [3.8, 4) is 0 Å². The first kappa shape index (κ1) is 21.8. The van der Waals surface area contributed by atoms with Gasteiger partial charge in [0.2, 0.25) is 0 Å². The van der Waals surface area contributed by atoms with Crippen LogP contribution in [-0.4, -0.2) is 57.8 Å². The molecule has 2 aromatic rings. The summed E-state index contributed by atoms with van der Waals surface area (Å²) in [5.41, 5.74) is 1.22. The van der Waals surface area contributed by atoms with Crippen LogP contribution in [0.15, 0.2) is 36.4 Å². The summed E-state index contributed by atoms with van der Waals surface area (Å²) in [5, 5.41) is 3.66. The van der Waals surface area contributed by atoms with Crippen molar-refractivity contribution >= 4 is 34.7 Å². The molecule has 0 bridgehead atoms. The maximum absolute atomic E-state index is 12.2. The van der Waals surface area contributed by atoms with E-state index in [-0.39, 0.29) is 23.6 Å². The average Bonchev–Trinajstić information content (AvgIpc) is 3.22. The smallest absolute Gasteiger partial charge is 0.407 e. The Kier molecular flexibility index (Phi) is 7.42. The SMILES string of the molecule is COC(=O)c1sc(N2CC[C@H](NC(=O)OCc3ccccc3)[C@H](OC)C2)cc1C=O. The van der Waals surface area contributed by atoms with E-state index >= 15 is 0 Å². The third-order valence-corrected chi connectivity index (χ3v) is 6.13. The van der Waals surface area contributed by atoms with Gasteiger partial charge < -0.3 is 24.4 Å². The highest BCUT2D eigenvalue weighted by Gasteiger charge is 2.32. The van der Waals surface area contributed by atoms with Crippen LogP contribution >= 0.6 is 11.3 Å². The molecule has 1 N–H and O–H groups in total. The van der Waals surface area contributed by atoms with Crippen LogP contribution in [0.25, 0.3) is 0 Å². The molecule has 1 aliphatic rings. The summed E-state index contributed by atoms with van der Waals surface area (Å²) < 4.78 is 15.6. The van der Waals surface area contributed by atoms with Gasteiger partial charge in [-0.2, -0.15) is 0 Å². The molecule has 30 heavy (non-hydrogen) atoms. The van der Waals surface area contributed by atoms with Gasteiger partial charge in [0.1, 0.15) is 11.5 Å². The molecule has 1 fully saturated rings. The molecule has 0 unspecified atom stereocenters. The molecule has 2 atom stereocenters. The van der Waals surface area contributed by atoms with E-state index < -0.39 is 12.1 Å². The van der Waals surface area contributed by atoms with Crippen LogP contribution in [0, 0.1) is 0 Å². The van der Waals surface area contributed by atoms with Crippen LogP contribution in [0.4, 0.5) is 9.80 Å². The molecule has 2 heterocycles. The molecule has 1 aromatic heterocycles. The third-order valence-electron chi connectivity index (χ3n) is 4.94. The van der Waals surface area contributed by atoms with E-state index in [2.05, 4.69) is 5.32 Å². The van der Waals surface area contributed by atoms with E-state index in [0.29, 0.717) is 31.4 Å². The number of amides is 1. The molecule has 1 aromatic carbocycles. The molecule has 1 aliphatic heterocycles. The zero-order valence-corrected chi connectivity index (χ0v) is 17.6. The summed E-state index contributed by atoms with van der Waals surface area (Å²) in [6.45, 7) is 1.33. The number of esters is 1. The van der Waals surface area contributed by atoms with Crippen LogP contribution in [0.2, 0.25) is 0 Å². The highest BCUT2D eigenvalue weighted by Crippen LogP contribution is 2.32. The standard InChI is InChI=1S/C21H24N2O6S/c1-27-17-11-23(18-10-15(12-24)19(30-18)20(25)28-2)9-8-16(17)22-21(26)29-13-14-6-4-3-5-7-14/h3-7,10,12,16-17H,8-9,11,13H2,1-2H3,(H,22,26)/t16-,17+/m0/s1. The number of rotatable bonds is 7. The molecule has 0 aliphatic carbocycles. The minimum absolute atomic E-state index is 0.198. The summed E-state index contributed by atoms with van der Waals surface area (Å²) in [4.78, 5) is 37.7. The minimum Gasteiger partial charge on any atom is -0.465 e. The van der Waals surface area contributed by atoms with Crippen molar-refractivity contribution in [2.45, 2.75) is 25.2 Å². The van der Waals surface area contributed by atoms with E-state index in [4.69, 9.17) is 14.2 Å². The summed E-state index contributed by atoms with van der Waals surface area (Å²) in [5.74, 6) is -0.533. The fourth-order valence-electron chi connectivity index (χ4n) is 3.32. The number of benzene rings is 1. The van der Waals surface area contributed by atoms with Crippen LogP contribution in [-0.2, 0) is 20.8 Å². The molecule has 3 rings (SSSR count). The lowest BCUT2D eigenvalue weighted by Crippen LogP contribution is -2.54. The average molecular weight is 432 g/mol. The van der Waals surface area contributed by atoms with Gasteiger partial charge in [0.25, 0.3) is 0 Å². The Morgan fingerprint density at radius 3 is 2.70 bits per heavy atom. The first-order chi connectivity index (χ1) is 14.5. The number of ether oxygens (including phenoxy) is 3. The number of carbonyl (C=O) groups is 3. The summed E-state index contributed by atoms with van der Waals surface area (Å²) >= 11 is 1.21. The van der Waals surface area contributed by atoms with Crippen molar-refractivity contribution in [1.29, 1.82) is 0 Å². The zero-order valence-electron chi connectivity index (χ0n) is 16.8. The Labute approximate surface area is 178 Å². The Hall–Kier alpha value is -2.91. The van der Waals surface area contributed by atoms with Crippen molar-refractivity contribution in [3.05, 3.63) is 52.4 Å². The second-order valence-corrected chi connectivity index (χ2v) is 7.83. The largest absolute Gasteiger partial charge is 0.465 e. The Morgan fingerprint density at radius 1 is 1.27 bits per heavy atom. The molecule has 0 radical (unpaired) electrons. The lowest BCUT2D eigenvalue weighted by molar-refractivity contribution is 0.0547. The maximum Gasteiger partial charge on any atom is 0.407 e. The van der Waals surface area contributed by atoms with Gasteiger partial charge in [0, 0.05) is 25.8 Å². The van der Waals surface area contributed by atoms with Gasteiger partial charge in [-0.1, -0.05) is 30.3 Å². The predicted molar refractivity (Wildman–Crippen MR) is 112 cm³/mol. The van der Waals surface area contributed by atoms with Gasteiger partial charge in [0.15, 0.2) is 6.29 Å². The zero-order chi connectivity index (χ0) is 21.5. The molecule has 1 amide bonds. The van der Waals surface area contributed by atoms with Crippen molar-refractivity contribution < 1.29 is 28.6 Å². The molecule has 0 spiro atoms. The number of hydrogen-bond acceptors (Lipinski definition) is 8. The molecule has 1 saturated heterocycles. The van der Waals surface area contributed by atoms with Crippen LogP contribution in [0.3, 0.4) is 0 Å². The number of alkyl carbamates (subject to hydrolysis) is 1. The number of piperidine rings is 1. The van der Waals surface area contributed by atoms with Gasteiger partial charge in [-0.05, 0) is 18.1 Å². The third kappa shape index (κ3) is 5.17. The number of thiophene rings is 1. The summed E-state index contributed by atoms with van der Waals surface area (Å²) in [6, 6.07) is 10.9. The Morgan fingerprint density at radius 2 is 2.03 bits per heavy atom. The van der Waals surface area contributed by atoms with Crippen molar-refractivity contribution in [1.82, 2.24) is 5.32 Å². The maximum atomic E-state index is 12.2. The monoisotopic (exact) mass is 432 g/mol. The van der Waals surface area contributed by atoms with Gasteiger partial charge in [-0.25, -0.2) is 9.59 Å². The summed E-state index contributed by atoms with van der Waals surface area (Å²) in [6.07, 6.45) is 0.510. The van der Waals surface area contributed by atoms with Crippen LogP contribution in [0.1, 0.15) is 32.0 Å². The highest BCUT2D eigenvalue weighted by molar-refractivity contribution is 7.18. The molecule has 0 saturated carbocycles. The second-order valence-electron chi connectivity index (χ2n) is 6.80. The van der Waals surface area contributed by atoms with Gasteiger partial charge in [-0.15, -0.1) is 11.3 Å². The highest BCUT2D eigenvalue weighted by atomic mass is 32.1. The van der Waals surface area contributed by atoms with Gasteiger partial charge >= 0.3 is 12.1 Å². The number of nitrogens with zero attached hydrogens (tertiary/aromatic N) is 1. The molecule has 9 heteroatoms. The predicted octanol–water partition coefficient (Wildman–Crippen LogP) is 2.87. The van der Waals surface area contributed by atoms with E-state index in [1.807, 2.05) is 35.2 Å². The number of aldehydes is 1. The van der Waals surface area contributed by atoms with E-state index in [1.54, 1.807) is 13.2 Å². The van der Waals surface area contributed by atoms with E-state index in [9.17, 15) is 14.4 Å². The van der Waals surface area contributed by atoms with Gasteiger partial charge in [0.05, 0.1) is 24.3 Å². The molecule has 8 nitrogen and oxygen atoms in total. The van der Waals surface area contributed by atoms with Crippen molar-refractivity contribution in [2.24, 2.45) is 0 Å². The topological polar surface area (TPSA) is 94.2 Å². The first-order valence-corrected chi connectivity index (χ1v) is 10.3. The van der Waals surface area contributed by atoms with Crippen molar-refractivity contribution in [3.63, 3.8) is 0 Å². The number of nitrogens with one attached hydrogen (secondary N) is 1. The van der Waals surface area contributed by atoms with E-state index in [0.717, 1.165) is 10.6 Å². The lowest BCUT2D eigenvalue weighted by atomic mass is 10.0. The molecular formula is C21H24N2O6S. The van der Waals surface area contributed by atoms with Crippen LogP contribution in [0.5, 0.6) is 0 Å². The first-order valence-electron chi connectivity index (χ1n) is 9.48. The summed E-state index contributed by atoms with van der Waals surface area (Å²) in [7, 11) is 2.87.